The van der Waals surface area contributed by atoms with Gasteiger partial charge in [0.25, 0.3) is 11.2 Å². The molecule has 11 nitrogen and oxygen atoms in total. The molecule has 204 valence electrons. The number of aromatic amines is 1. The van der Waals surface area contributed by atoms with E-state index in [2.05, 4.69) is 20.3 Å². The van der Waals surface area contributed by atoms with Gasteiger partial charge in [-0.15, -0.1) is 0 Å². The van der Waals surface area contributed by atoms with E-state index in [4.69, 9.17) is 0 Å². The van der Waals surface area contributed by atoms with Crippen LogP contribution in [0.4, 0.5) is 16.2 Å². The number of para-hydroxylation sites is 1. The van der Waals surface area contributed by atoms with Crippen LogP contribution >= 0.6 is 0 Å². The smallest absolute Gasteiger partial charge is 0.321 e. The van der Waals surface area contributed by atoms with Gasteiger partial charge in [-0.3, -0.25) is 29.9 Å². The molecule has 3 aromatic carbocycles. The molecule has 0 spiro atoms. The highest BCUT2D eigenvalue weighted by atomic mass is 16.6. The number of nitro groups is 1. The number of aliphatic imine (C=N–C) groups is 1. The number of piperazine rings is 1. The number of anilines is 1. The van der Waals surface area contributed by atoms with Gasteiger partial charge >= 0.3 is 6.03 Å². The van der Waals surface area contributed by atoms with E-state index in [9.17, 15) is 19.7 Å². The zero-order valence-corrected chi connectivity index (χ0v) is 21.8. The highest BCUT2D eigenvalue weighted by Crippen LogP contribution is 2.21. The topological polar surface area (TPSA) is 129 Å². The quantitative estimate of drug-likeness (QED) is 0.199. The van der Waals surface area contributed by atoms with Crippen molar-refractivity contribution in [1.29, 1.82) is 0 Å². The minimum atomic E-state index is -0.478. The van der Waals surface area contributed by atoms with Crippen LogP contribution in [0.3, 0.4) is 0 Å². The molecular formula is C29H29N7O4. The fourth-order valence-corrected chi connectivity index (χ4v) is 4.55. The first-order chi connectivity index (χ1) is 19.5. The normalized spacial score (nSPS) is 13.9. The Labute approximate surface area is 230 Å². The van der Waals surface area contributed by atoms with Crippen molar-refractivity contribution < 1.29 is 9.72 Å². The van der Waals surface area contributed by atoms with Crippen LogP contribution < -0.4 is 10.9 Å². The van der Waals surface area contributed by atoms with Gasteiger partial charge in [0, 0.05) is 62.3 Å². The average Bonchev–Trinajstić information content (AvgIpc) is 3.32. The molecular weight excluding hydrogens is 510 g/mol. The number of H-pyrrole nitrogens is 1. The predicted molar refractivity (Wildman–Crippen MR) is 154 cm³/mol. The Morgan fingerprint density at radius 1 is 0.950 bits per heavy atom. The zero-order valence-electron chi connectivity index (χ0n) is 21.8. The molecule has 0 saturated carbocycles. The number of urea groups is 1. The van der Waals surface area contributed by atoms with Crippen LogP contribution in [0.2, 0.25) is 0 Å². The summed E-state index contributed by atoms with van der Waals surface area (Å²) in [6.07, 6.45) is 1.59. The van der Waals surface area contributed by atoms with Crippen molar-refractivity contribution in [3.63, 3.8) is 0 Å². The Morgan fingerprint density at radius 2 is 1.60 bits per heavy atom. The van der Waals surface area contributed by atoms with Crippen molar-refractivity contribution in [3.8, 4) is 16.9 Å². The van der Waals surface area contributed by atoms with E-state index in [1.54, 1.807) is 11.1 Å². The van der Waals surface area contributed by atoms with E-state index in [0.717, 1.165) is 24.3 Å². The van der Waals surface area contributed by atoms with Crippen LogP contribution in [-0.4, -0.2) is 76.0 Å². The first-order valence-corrected chi connectivity index (χ1v) is 13.0. The number of carbonyl (C=O) groups is 1. The van der Waals surface area contributed by atoms with E-state index < -0.39 is 4.92 Å². The molecule has 1 aliphatic heterocycles. The second kappa shape index (κ2) is 12.2. The maximum atomic E-state index is 13.4. The van der Waals surface area contributed by atoms with Gasteiger partial charge in [-0.1, -0.05) is 48.5 Å². The van der Waals surface area contributed by atoms with E-state index in [1.807, 2.05) is 60.7 Å². The first kappa shape index (κ1) is 26.6. The van der Waals surface area contributed by atoms with Crippen LogP contribution in [0.1, 0.15) is 5.56 Å². The third kappa shape index (κ3) is 6.16. The summed E-state index contributed by atoms with van der Waals surface area (Å²) in [5.74, 6) is 0. The first-order valence-electron chi connectivity index (χ1n) is 13.0. The molecule has 2 amide bonds. The molecule has 0 radical (unpaired) electrons. The largest absolute Gasteiger partial charge is 0.322 e. The highest BCUT2D eigenvalue weighted by molar-refractivity contribution is 5.89. The van der Waals surface area contributed by atoms with E-state index in [-0.39, 0.29) is 17.3 Å². The lowest BCUT2D eigenvalue weighted by atomic mass is 10.1. The van der Waals surface area contributed by atoms with Crippen molar-refractivity contribution in [2.75, 3.05) is 44.6 Å². The number of non-ortho nitro benzene ring substituents is 1. The summed E-state index contributed by atoms with van der Waals surface area (Å²) < 4.78 is 1.37. The third-order valence-corrected chi connectivity index (χ3v) is 6.76. The molecule has 2 N–H and O–H groups in total. The molecule has 0 bridgehead atoms. The minimum Gasteiger partial charge on any atom is -0.322 e. The van der Waals surface area contributed by atoms with Crippen LogP contribution in [-0.2, 0) is 0 Å². The fourth-order valence-electron chi connectivity index (χ4n) is 4.55. The number of nitrogens with zero attached hydrogens (tertiary/aromatic N) is 5. The molecule has 1 aromatic heterocycles. The Bertz CT molecular complexity index is 1540. The standard InChI is InChI=1S/C29H29N7O4/c37-28-26(21-30-15-16-33-17-19-34(20-18-33)29(38)31-23-9-5-2-6-10-23)27(22-7-3-1-4-8-22)32-35(28)24-11-13-25(14-12-24)36(39)40/h1-14,21,32H,15-20H2,(H,31,38). The predicted octanol–water partition coefficient (Wildman–Crippen LogP) is 4.01. The van der Waals surface area contributed by atoms with Gasteiger partial charge in [0.2, 0.25) is 0 Å². The second-order valence-corrected chi connectivity index (χ2v) is 9.34. The van der Waals surface area contributed by atoms with E-state index >= 15 is 0 Å². The maximum absolute atomic E-state index is 13.4. The second-order valence-electron chi connectivity index (χ2n) is 9.34. The van der Waals surface area contributed by atoms with Gasteiger partial charge in [0.05, 0.1) is 28.4 Å². The van der Waals surface area contributed by atoms with Gasteiger partial charge in [-0.05, 0) is 24.3 Å². The van der Waals surface area contributed by atoms with Crippen LogP contribution in [0.15, 0.2) is 94.7 Å². The number of amides is 2. The van der Waals surface area contributed by atoms with Crippen molar-refractivity contribution in [3.05, 3.63) is 111 Å². The fraction of sp³-hybridized carbons (Fsp3) is 0.207. The Kier molecular flexibility index (Phi) is 8.12. The van der Waals surface area contributed by atoms with Crippen molar-refractivity contribution in [2.24, 2.45) is 4.99 Å². The molecule has 0 aliphatic carbocycles. The summed E-state index contributed by atoms with van der Waals surface area (Å²) in [5.41, 5.74) is 2.77. The van der Waals surface area contributed by atoms with E-state index in [0.29, 0.717) is 43.1 Å². The molecule has 1 aliphatic rings. The molecule has 11 heteroatoms. The van der Waals surface area contributed by atoms with E-state index in [1.165, 1.54) is 28.9 Å². The zero-order chi connectivity index (χ0) is 27.9. The maximum Gasteiger partial charge on any atom is 0.321 e. The average molecular weight is 540 g/mol. The third-order valence-electron chi connectivity index (χ3n) is 6.76. The van der Waals surface area contributed by atoms with Crippen LogP contribution in [0, 0.1) is 10.1 Å². The summed E-state index contributed by atoms with van der Waals surface area (Å²) in [6, 6.07) is 24.6. The van der Waals surface area contributed by atoms with Crippen molar-refractivity contribution in [2.45, 2.75) is 0 Å². The lowest BCUT2D eigenvalue weighted by Gasteiger charge is -2.34. The molecule has 5 rings (SSSR count). The Balaban J connectivity index is 1.23. The SMILES string of the molecule is O=C(Nc1ccccc1)N1CCN(CCN=Cc2c(-c3ccccc3)[nH]n(-c3ccc([N+](=O)[O-])cc3)c2=O)CC1. The van der Waals surface area contributed by atoms with Crippen LogP contribution in [0.5, 0.6) is 0 Å². The lowest BCUT2D eigenvalue weighted by molar-refractivity contribution is -0.384. The van der Waals surface area contributed by atoms with Crippen molar-refractivity contribution >= 4 is 23.6 Å². The van der Waals surface area contributed by atoms with Crippen molar-refractivity contribution in [1.82, 2.24) is 19.6 Å². The van der Waals surface area contributed by atoms with Gasteiger partial charge in [-0.2, -0.15) is 0 Å². The summed E-state index contributed by atoms with van der Waals surface area (Å²) in [6.45, 7) is 3.92. The molecule has 40 heavy (non-hydrogen) atoms. The van der Waals surface area contributed by atoms with Crippen LogP contribution in [0.25, 0.3) is 16.9 Å². The number of benzene rings is 3. The number of aromatic nitrogens is 2. The number of rotatable bonds is 8. The monoisotopic (exact) mass is 539 g/mol. The van der Waals surface area contributed by atoms with Gasteiger partial charge in [0.1, 0.15) is 0 Å². The molecule has 2 heterocycles. The number of nitrogens with one attached hydrogen (secondary N) is 2. The molecule has 4 aromatic rings. The highest BCUT2D eigenvalue weighted by Gasteiger charge is 2.21. The Hall–Kier alpha value is -5.03. The number of nitro benzene ring substituents is 1. The summed E-state index contributed by atoms with van der Waals surface area (Å²) in [4.78, 5) is 45.0. The minimum absolute atomic E-state index is 0.0499. The van der Waals surface area contributed by atoms with Gasteiger partial charge in [0.15, 0.2) is 0 Å². The summed E-state index contributed by atoms with van der Waals surface area (Å²) in [7, 11) is 0. The number of carbonyl (C=O) groups excluding carboxylic acids is 1. The van der Waals surface area contributed by atoms with Gasteiger partial charge in [-0.25, -0.2) is 9.48 Å². The number of hydrogen-bond acceptors (Lipinski definition) is 6. The Morgan fingerprint density at radius 3 is 2.25 bits per heavy atom. The molecule has 1 fully saturated rings. The lowest BCUT2D eigenvalue weighted by Crippen LogP contribution is -2.50. The van der Waals surface area contributed by atoms with Gasteiger partial charge < -0.3 is 10.2 Å². The summed E-state index contributed by atoms with van der Waals surface area (Å²) in [5, 5.41) is 17.1. The number of hydrogen-bond donors (Lipinski definition) is 2. The molecule has 0 atom stereocenters. The molecule has 0 unspecified atom stereocenters. The molecule has 1 saturated heterocycles. The summed E-state index contributed by atoms with van der Waals surface area (Å²) >= 11 is 0.